The van der Waals surface area contributed by atoms with Crippen LogP contribution >= 0.6 is 0 Å². The van der Waals surface area contributed by atoms with Gasteiger partial charge in [0, 0.05) is 11.4 Å². The van der Waals surface area contributed by atoms with Crippen LogP contribution in [0.25, 0.3) is 0 Å². The first kappa shape index (κ1) is 33.9. The van der Waals surface area contributed by atoms with Crippen LogP contribution < -0.4 is 20.7 Å². The van der Waals surface area contributed by atoms with E-state index in [-0.39, 0.29) is 18.2 Å². The van der Waals surface area contributed by atoms with Crippen LogP contribution in [0.4, 0.5) is 24.5 Å². The zero-order chi connectivity index (χ0) is 32.1. The number of methoxy groups -OCH3 is 1. The molecule has 232 valence electrons. The maximum Gasteiger partial charge on any atom is 0.416 e. The van der Waals surface area contributed by atoms with Crippen LogP contribution in [0.5, 0.6) is 5.75 Å². The second-order valence-electron chi connectivity index (χ2n) is 10.1. The largest absolute Gasteiger partial charge is 0.497 e. The number of amides is 1. The zero-order valence-electron chi connectivity index (χ0n) is 25.5. The fourth-order valence-electron chi connectivity index (χ4n) is 4.44. The number of rotatable bonds is 12. The summed E-state index contributed by atoms with van der Waals surface area (Å²) >= 11 is 0. The molecule has 0 aliphatic heterocycles. The summed E-state index contributed by atoms with van der Waals surface area (Å²) in [5, 5.41) is 18.4. The Hall–Kier alpha value is -4.55. The van der Waals surface area contributed by atoms with Gasteiger partial charge in [-0.05, 0) is 91.4 Å². The number of anilines is 2. The molecule has 1 unspecified atom stereocenters. The number of nitrogens with zero attached hydrogens (tertiary/aromatic N) is 1. The highest BCUT2D eigenvalue weighted by atomic mass is 19.4. The molecule has 44 heavy (non-hydrogen) atoms. The molecule has 0 saturated heterocycles. The van der Waals surface area contributed by atoms with Gasteiger partial charge >= 0.3 is 6.18 Å². The third-order valence-corrected chi connectivity index (χ3v) is 6.80. The van der Waals surface area contributed by atoms with Gasteiger partial charge in [0.2, 0.25) is 0 Å². The topological polar surface area (TPSA) is 86.2 Å². The minimum atomic E-state index is -4.66. The van der Waals surface area contributed by atoms with E-state index in [1.165, 1.54) is 18.9 Å². The molecule has 3 aromatic carbocycles. The Bertz CT molecular complexity index is 1490. The number of carbonyl (C=O) groups excluding carboxylic acids is 1. The van der Waals surface area contributed by atoms with Crippen LogP contribution in [0, 0.1) is 17.2 Å². The van der Waals surface area contributed by atoms with Crippen LogP contribution in [0.15, 0.2) is 96.2 Å². The molecule has 0 aromatic heterocycles. The van der Waals surface area contributed by atoms with Crippen LogP contribution in [-0.2, 0) is 4.79 Å². The Kier molecular flexibility index (Phi) is 12.6. The number of carbonyl (C=O) groups is 1. The van der Waals surface area contributed by atoms with Gasteiger partial charge in [0.25, 0.3) is 5.91 Å². The van der Waals surface area contributed by atoms with E-state index in [1.807, 2.05) is 56.3 Å². The number of ether oxygens (including phenoxy) is 1. The van der Waals surface area contributed by atoms with E-state index in [9.17, 15) is 23.2 Å². The molecular weight excluding hydrogens is 565 g/mol. The van der Waals surface area contributed by atoms with Gasteiger partial charge in [-0.15, -0.1) is 0 Å². The first-order valence-corrected chi connectivity index (χ1v) is 14.7. The highest BCUT2D eigenvalue weighted by molar-refractivity contribution is 6.06. The lowest BCUT2D eigenvalue weighted by molar-refractivity contribution is -0.112. The molecule has 3 aromatic rings. The normalized spacial score (nSPS) is 14.0. The lowest BCUT2D eigenvalue weighted by atomic mass is 9.97. The molecule has 1 aliphatic carbocycles. The van der Waals surface area contributed by atoms with Gasteiger partial charge in [-0.2, -0.15) is 18.4 Å². The Morgan fingerprint density at radius 2 is 1.66 bits per heavy atom. The molecule has 6 nitrogen and oxygen atoms in total. The molecule has 1 amide bonds. The molecular formula is C35H39F3N4O2. The molecule has 1 atom stereocenters. The first-order valence-electron chi connectivity index (χ1n) is 14.7. The monoisotopic (exact) mass is 604 g/mol. The van der Waals surface area contributed by atoms with Gasteiger partial charge in [0.15, 0.2) is 0 Å². The van der Waals surface area contributed by atoms with E-state index in [0.717, 1.165) is 35.6 Å². The molecule has 0 bridgehead atoms. The Morgan fingerprint density at radius 3 is 2.25 bits per heavy atom. The molecule has 0 heterocycles. The number of benzene rings is 3. The number of alkyl halides is 3. The van der Waals surface area contributed by atoms with Crippen molar-refractivity contribution in [1.29, 1.82) is 5.26 Å². The highest BCUT2D eigenvalue weighted by Crippen LogP contribution is 2.32. The van der Waals surface area contributed by atoms with Crippen molar-refractivity contribution in [2.75, 3.05) is 24.3 Å². The summed E-state index contributed by atoms with van der Waals surface area (Å²) in [5.41, 5.74) is 1.68. The fourth-order valence-corrected chi connectivity index (χ4v) is 4.44. The second-order valence-corrected chi connectivity index (χ2v) is 10.1. The van der Waals surface area contributed by atoms with Crippen molar-refractivity contribution in [2.24, 2.45) is 5.92 Å². The van der Waals surface area contributed by atoms with Crippen molar-refractivity contribution in [2.45, 2.75) is 52.3 Å². The van der Waals surface area contributed by atoms with Crippen molar-refractivity contribution < 1.29 is 22.7 Å². The maximum atomic E-state index is 13.8. The van der Waals surface area contributed by atoms with Gasteiger partial charge in [0.1, 0.15) is 11.4 Å². The van der Waals surface area contributed by atoms with Gasteiger partial charge in [-0.3, -0.25) is 4.79 Å². The summed E-state index contributed by atoms with van der Waals surface area (Å²) in [4.78, 5) is 13.5. The molecule has 1 aliphatic rings. The molecule has 1 fully saturated rings. The van der Waals surface area contributed by atoms with Gasteiger partial charge in [-0.1, -0.05) is 57.2 Å². The van der Waals surface area contributed by atoms with Gasteiger partial charge in [0.05, 0.1) is 30.4 Å². The standard InChI is InChI=1S/C33H33F3N4O2.C2H6/c1-3-6-26(33(34,35)36)19-30(39-27-9-4-7-23(17-27)20-37)32(41)40-28-10-5-8-25(18-28)31(38-21-22-11-12-22)24-13-15-29(42-2)16-14-24;1-2/h4-10,13-19,22,31,38-39H,3,11-12,21H2,1-2H3,(H,40,41);1-2H3/b26-6-,30-19-;. The molecule has 3 N–H and O–H groups in total. The quantitative estimate of drug-likeness (QED) is 0.143. The lowest BCUT2D eigenvalue weighted by Crippen LogP contribution is -2.25. The summed E-state index contributed by atoms with van der Waals surface area (Å²) in [6.07, 6.45) is -0.344. The van der Waals surface area contributed by atoms with Crippen molar-refractivity contribution in [1.82, 2.24) is 5.32 Å². The average Bonchev–Trinajstić information content (AvgIpc) is 3.86. The number of allylic oxidation sites excluding steroid dienone is 3. The third-order valence-electron chi connectivity index (χ3n) is 6.80. The van der Waals surface area contributed by atoms with E-state index in [0.29, 0.717) is 22.9 Å². The van der Waals surface area contributed by atoms with Crippen LogP contribution in [0.1, 0.15) is 62.8 Å². The van der Waals surface area contributed by atoms with Crippen molar-refractivity contribution in [3.05, 3.63) is 113 Å². The minimum Gasteiger partial charge on any atom is -0.497 e. The van der Waals surface area contributed by atoms with E-state index in [4.69, 9.17) is 4.74 Å². The van der Waals surface area contributed by atoms with E-state index in [1.54, 1.807) is 44.4 Å². The lowest BCUT2D eigenvalue weighted by Gasteiger charge is -2.21. The number of hydrogen-bond donors (Lipinski definition) is 3. The predicted octanol–water partition coefficient (Wildman–Crippen LogP) is 8.52. The number of nitrogens with one attached hydrogen (secondary N) is 3. The van der Waals surface area contributed by atoms with E-state index < -0.39 is 17.7 Å². The average molecular weight is 605 g/mol. The predicted molar refractivity (Wildman–Crippen MR) is 169 cm³/mol. The van der Waals surface area contributed by atoms with E-state index >= 15 is 0 Å². The van der Waals surface area contributed by atoms with Crippen LogP contribution in [0.3, 0.4) is 0 Å². The minimum absolute atomic E-state index is 0.132. The van der Waals surface area contributed by atoms with Crippen LogP contribution in [-0.4, -0.2) is 25.7 Å². The van der Waals surface area contributed by atoms with Crippen molar-refractivity contribution in [3.63, 3.8) is 0 Å². The molecule has 4 rings (SSSR count). The zero-order valence-corrected chi connectivity index (χ0v) is 25.5. The summed E-state index contributed by atoms with van der Waals surface area (Å²) in [6, 6.07) is 23.0. The SMILES string of the molecule is CC.CC/C=C(/C=C(\Nc1cccc(C#N)c1)C(=O)Nc1cccc(C(NCC2CC2)c2ccc(OC)cc2)c1)C(F)(F)F. The van der Waals surface area contributed by atoms with E-state index in [2.05, 4.69) is 16.0 Å². The van der Waals surface area contributed by atoms with Crippen molar-refractivity contribution >= 4 is 17.3 Å². The molecule has 9 heteroatoms. The Balaban J connectivity index is 0.00000259. The first-order chi connectivity index (χ1) is 21.2. The number of nitriles is 1. The second kappa shape index (κ2) is 16.3. The maximum absolute atomic E-state index is 13.8. The smallest absolute Gasteiger partial charge is 0.416 e. The van der Waals surface area contributed by atoms with Gasteiger partial charge in [-0.25, -0.2) is 0 Å². The number of hydrogen-bond acceptors (Lipinski definition) is 5. The Labute approximate surface area is 257 Å². The highest BCUT2D eigenvalue weighted by Gasteiger charge is 2.33. The number of halogens is 3. The molecule has 1 saturated carbocycles. The summed E-state index contributed by atoms with van der Waals surface area (Å²) in [7, 11) is 1.61. The van der Waals surface area contributed by atoms with Crippen LogP contribution in [0.2, 0.25) is 0 Å². The summed E-state index contributed by atoms with van der Waals surface area (Å²) < 4.78 is 46.6. The molecule has 0 radical (unpaired) electrons. The third kappa shape index (κ3) is 10.0. The summed E-state index contributed by atoms with van der Waals surface area (Å²) in [5.74, 6) is 0.613. The fraction of sp³-hybridized carbons (Fsp3) is 0.314. The summed E-state index contributed by atoms with van der Waals surface area (Å²) in [6.45, 7) is 6.43. The Morgan fingerprint density at radius 1 is 1.00 bits per heavy atom. The van der Waals surface area contributed by atoms with Gasteiger partial charge < -0.3 is 20.7 Å². The van der Waals surface area contributed by atoms with Crippen molar-refractivity contribution in [3.8, 4) is 11.8 Å². The molecule has 0 spiro atoms.